The van der Waals surface area contributed by atoms with Gasteiger partial charge in [0, 0.05) is 43.0 Å². The molecule has 152 valence electrons. The lowest BCUT2D eigenvalue weighted by Crippen LogP contribution is -2.47. The van der Waals surface area contributed by atoms with Crippen LogP contribution in [0.3, 0.4) is 0 Å². The molecule has 1 aliphatic rings. The van der Waals surface area contributed by atoms with E-state index in [1.807, 2.05) is 12.3 Å². The quantitative estimate of drug-likeness (QED) is 0.409. The molecule has 5 heteroatoms. The molecule has 0 atom stereocenters. The third-order valence-corrected chi connectivity index (χ3v) is 5.65. The SMILES string of the molecule is COc1ccncc1CN1CCC(N(CCCCCCC=O)C(C)C)CC1. The molecule has 1 saturated heterocycles. The molecule has 0 unspecified atom stereocenters. The molecule has 1 aliphatic heterocycles. The van der Waals surface area contributed by atoms with Gasteiger partial charge in [-0.25, -0.2) is 0 Å². The van der Waals surface area contributed by atoms with E-state index in [4.69, 9.17) is 4.74 Å². The average Bonchev–Trinajstić information content (AvgIpc) is 2.68. The van der Waals surface area contributed by atoms with E-state index in [0.717, 1.165) is 38.1 Å². The Morgan fingerprint density at radius 3 is 2.67 bits per heavy atom. The van der Waals surface area contributed by atoms with Gasteiger partial charge in [-0.3, -0.25) is 14.8 Å². The molecule has 0 bridgehead atoms. The summed E-state index contributed by atoms with van der Waals surface area (Å²) in [4.78, 5) is 19.9. The lowest BCUT2D eigenvalue weighted by Gasteiger charge is -2.40. The van der Waals surface area contributed by atoms with Gasteiger partial charge >= 0.3 is 0 Å². The van der Waals surface area contributed by atoms with Crippen molar-refractivity contribution < 1.29 is 9.53 Å². The molecule has 2 rings (SSSR count). The van der Waals surface area contributed by atoms with E-state index in [0.29, 0.717) is 18.5 Å². The zero-order valence-electron chi connectivity index (χ0n) is 17.4. The van der Waals surface area contributed by atoms with Gasteiger partial charge in [-0.1, -0.05) is 12.8 Å². The highest BCUT2D eigenvalue weighted by molar-refractivity contribution is 5.48. The topological polar surface area (TPSA) is 45.7 Å². The third kappa shape index (κ3) is 7.23. The summed E-state index contributed by atoms with van der Waals surface area (Å²) < 4.78 is 5.46. The molecular weight excluding hydrogens is 338 g/mol. The van der Waals surface area contributed by atoms with Crippen LogP contribution in [0, 0.1) is 0 Å². The number of piperidine rings is 1. The molecule has 5 nitrogen and oxygen atoms in total. The number of carbonyl (C=O) groups excluding carboxylic acids is 1. The van der Waals surface area contributed by atoms with Gasteiger partial charge in [0.25, 0.3) is 0 Å². The van der Waals surface area contributed by atoms with Gasteiger partial charge in [0.15, 0.2) is 0 Å². The number of unbranched alkanes of at least 4 members (excludes halogenated alkanes) is 4. The van der Waals surface area contributed by atoms with Crippen LogP contribution in [0.2, 0.25) is 0 Å². The maximum absolute atomic E-state index is 10.4. The molecule has 1 fully saturated rings. The Labute approximate surface area is 165 Å². The molecule has 0 N–H and O–H groups in total. The van der Waals surface area contributed by atoms with Crippen molar-refractivity contribution in [2.45, 2.75) is 77.4 Å². The summed E-state index contributed by atoms with van der Waals surface area (Å²) in [5.74, 6) is 0.936. The summed E-state index contributed by atoms with van der Waals surface area (Å²) >= 11 is 0. The lowest BCUT2D eigenvalue weighted by molar-refractivity contribution is -0.107. The summed E-state index contributed by atoms with van der Waals surface area (Å²) in [6.45, 7) is 9.00. The number of aldehydes is 1. The van der Waals surface area contributed by atoms with E-state index in [9.17, 15) is 4.79 Å². The minimum absolute atomic E-state index is 0.593. The Morgan fingerprint density at radius 1 is 1.26 bits per heavy atom. The second kappa shape index (κ2) is 12.1. The van der Waals surface area contributed by atoms with Gasteiger partial charge in [0.05, 0.1) is 7.11 Å². The number of hydrogen-bond acceptors (Lipinski definition) is 5. The molecule has 0 aliphatic carbocycles. The third-order valence-electron chi connectivity index (χ3n) is 5.65. The summed E-state index contributed by atoms with van der Waals surface area (Å²) in [6, 6.07) is 3.22. The molecule has 1 aromatic rings. The van der Waals surface area contributed by atoms with Crippen LogP contribution in [0.15, 0.2) is 18.5 Å². The molecule has 0 amide bonds. The van der Waals surface area contributed by atoms with Gasteiger partial charge < -0.3 is 9.53 Å². The van der Waals surface area contributed by atoms with Crippen molar-refractivity contribution in [3.8, 4) is 5.75 Å². The fourth-order valence-electron chi connectivity index (χ4n) is 4.12. The first-order chi connectivity index (χ1) is 13.2. The lowest BCUT2D eigenvalue weighted by atomic mass is 10.00. The fourth-order valence-corrected chi connectivity index (χ4v) is 4.12. The highest BCUT2D eigenvalue weighted by Crippen LogP contribution is 2.23. The van der Waals surface area contributed by atoms with E-state index in [2.05, 4.69) is 28.6 Å². The molecule has 0 spiro atoms. The van der Waals surface area contributed by atoms with E-state index >= 15 is 0 Å². The van der Waals surface area contributed by atoms with Crippen LogP contribution in [0.1, 0.15) is 64.4 Å². The summed E-state index contributed by atoms with van der Waals surface area (Å²) in [7, 11) is 1.73. The van der Waals surface area contributed by atoms with Gasteiger partial charge in [-0.15, -0.1) is 0 Å². The minimum atomic E-state index is 0.593. The van der Waals surface area contributed by atoms with E-state index < -0.39 is 0 Å². The number of aromatic nitrogens is 1. The number of rotatable bonds is 12. The van der Waals surface area contributed by atoms with Crippen LogP contribution in [0.4, 0.5) is 0 Å². The van der Waals surface area contributed by atoms with Gasteiger partial charge in [0.1, 0.15) is 12.0 Å². The number of pyridine rings is 1. The summed E-state index contributed by atoms with van der Waals surface area (Å²) in [5.41, 5.74) is 1.18. The predicted molar refractivity (Wildman–Crippen MR) is 110 cm³/mol. The first kappa shape index (κ1) is 21.8. The van der Waals surface area contributed by atoms with Crippen molar-refractivity contribution >= 4 is 6.29 Å². The van der Waals surface area contributed by atoms with Crippen LogP contribution in [-0.2, 0) is 11.3 Å². The number of nitrogens with zero attached hydrogens (tertiary/aromatic N) is 3. The van der Waals surface area contributed by atoms with Crippen LogP contribution >= 0.6 is 0 Å². The Kier molecular flexibility index (Phi) is 9.78. The van der Waals surface area contributed by atoms with Crippen molar-refractivity contribution in [2.75, 3.05) is 26.7 Å². The van der Waals surface area contributed by atoms with Crippen molar-refractivity contribution in [3.63, 3.8) is 0 Å². The maximum atomic E-state index is 10.4. The van der Waals surface area contributed by atoms with Gasteiger partial charge in [-0.2, -0.15) is 0 Å². The van der Waals surface area contributed by atoms with Crippen molar-refractivity contribution in [1.82, 2.24) is 14.8 Å². The average molecular weight is 376 g/mol. The van der Waals surface area contributed by atoms with Crippen molar-refractivity contribution in [1.29, 1.82) is 0 Å². The second-order valence-electron chi connectivity index (χ2n) is 7.90. The molecule has 2 heterocycles. The van der Waals surface area contributed by atoms with E-state index in [1.165, 1.54) is 44.2 Å². The Morgan fingerprint density at radius 2 is 2.00 bits per heavy atom. The maximum Gasteiger partial charge on any atom is 0.126 e. The fraction of sp³-hybridized carbons (Fsp3) is 0.727. The molecule has 0 saturated carbocycles. The zero-order chi connectivity index (χ0) is 19.5. The summed E-state index contributed by atoms with van der Waals surface area (Å²) in [6.07, 6.45) is 12.6. The predicted octanol–water partition coefficient (Wildman–Crippen LogP) is 3.91. The summed E-state index contributed by atoms with van der Waals surface area (Å²) in [5, 5.41) is 0. The van der Waals surface area contributed by atoms with Crippen LogP contribution in [-0.4, -0.2) is 59.9 Å². The number of methoxy groups -OCH3 is 1. The molecule has 0 aromatic carbocycles. The standard InChI is InChI=1S/C22H37N3O2/c1-19(2)25(13-7-5-4-6-8-16-26)21-10-14-24(15-11-21)18-20-17-23-12-9-22(20)27-3/h9,12,16-17,19,21H,4-8,10-11,13-15,18H2,1-3H3. The number of likely N-dealkylation sites (tertiary alicyclic amines) is 1. The molecular formula is C22H37N3O2. The Bertz CT molecular complexity index is 542. The first-order valence-electron chi connectivity index (χ1n) is 10.5. The molecule has 0 radical (unpaired) electrons. The smallest absolute Gasteiger partial charge is 0.126 e. The van der Waals surface area contributed by atoms with Crippen LogP contribution in [0.5, 0.6) is 5.75 Å². The van der Waals surface area contributed by atoms with Crippen LogP contribution < -0.4 is 4.74 Å². The number of ether oxygens (including phenoxy) is 1. The van der Waals surface area contributed by atoms with E-state index in [1.54, 1.807) is 13.3 Å². The van der Waals surface area contributed by atoms with Crippen molar-refractivity contribution in [2.24, 2.45) is 0 Å². The second-order valence-corrected chi connectivity index (χ2v) is 7.90. The number of carbonyl (C=O) groups is 1. The highest BCUT2D eigenvalue weighted by Gasteiger charge is 2.26. The minimum Gasteiger partial charge on any atom is -0.496 e. The molecule has 27 heavy (non-hydrogen) atoms. The highest BCUT2D eigenvalue weighted by atomic mass is 16.5. The Balaban J connectivity index is 1.76. The largest absolute Gasteiger partial charge is 0.496 e. The van der Waals surface area contributed by atoms with Gasteiger partial charge in [0.2, 0.25) is 0 Å². The number of hydrogen-bond donors (Lipinski definition) is 0. The van der Waals surface area contributed by atoms with Crippen LogP contribution in [0.25, 0.3) is 0 Å². The normalized spacial score (nSPS) is 16.2. The van der Waals surface area contributed by atoms with Crippen molar-refractivity contribution in [3.05, 3.63) is 24.0 Å². The van der Waals surface area contributed by atoms with E-state index in [-0.39, 0.29) is 0 Å². The first-order valence-corrected chi connectivity index (χ1v) is 10.5. The zero-order valence-corrected chi connectivity index (χ0v) is 17.4. The van der Waals surface area contributed by atoms with Gasteiger partial charge in [-0.05, 0) is 65.2 Å². The monoisotopic (exact) mass is 375 g/mol. The molecule has 1 aromatic heterocycles. The Hall–Kier alpha value is -1.46.